The topological polar surface area (TPSA) is 77.0 Å². The molecule has 6 nitrogen and oxygen atoms in total. The Morgan fingerprint density at radius 1 is 1.00 bits per heavy atom. The van der Waals surface area contributed by atoms with Crippen molar-refractivity contribution in [1.29, 1.82) is 0 Å². The lowest BCUT2D eigenvalue weighted by atomic mass is 10.2. The molecular weight excluding hydrogens is 439 g/mol. The van der Waals surface area contributed by atoms with Gasteiger partial charge in [-0.05, 0) is 61.0 Å². The summed E-state index contributed by atoms with van der Waals surface area (Å²) in [5.74, 6) is -0.394. The Hall–Kier alpha value is -3.35. The van der Waals surface area contributed by atoms with E-state index in [-0.39, 0.29) is 22.2 Å². The van der Waals surface area contributed by atoms with Crippen LogP contribution in [-0.2, 0) is 0 Å². The smallest absolute Gasteiger partial charge is 0.345 e. The molecule has 158 valence electrons. The number of carbonyl (C=O) groups excluding carboxylic acids is 2. The number of halogens is 2. The Balaban J connectivity index is 1.73. The van der Waals surface area contributed by atoms with Crippen LogP contribution in [0.3, 0.4) is 0 Å². The summed E-state index contributed by atoms with van der Waals surface area (Å²) in [5.41, 5.74) is 3.78. The first-order chi connectivity index (χ1) is 15.0. The molecule has 0 bridgehead atoms. The van der Waals surface area contributed by atoms with Crippen LogP contribution < -0.4 is 14.9 Å². The predicted molar refractivity (Wildman–Crippen MR) is 121 cm³/mol. The molecule has 0 atom stereocenters. The Morgan fingerprint density at radius 3 is 2.48 bits per heavy atom. The standard InChI is InChI=1S/C23H18Cl2N2O4/c1-2-30-21-12-15(14-26-27-22(28)16-6-4-3-5-7-16)8-11-20(21)31-23(29)18-10-9-17(24)13-19(18)25/h3-14H,2H2,1H3,(H,27,28)/b26-14-. The van der Waals surface area contributed by atoms with Crippen molar-refractivity contribution >= 4 is 41.3 Å². The van der Waals surface area contributed by atoms with Gasteiger partial charge in [0.05, 0.1) is 23.4 Å². The number of ether oxygens (including phenoxy) is 2. The maximum Gasteiger partial charge on any atom is 0.345 e. The summed E-state index contributed by atoms with van der Waals surface area (Å²) >= 11 is 11.9. The number of hydrogen-bond donors (Lipinski definition) is 1. The molecule has 0 saturated carbocycles. The normalized spacial score (nSPS) is 10.7. The van der Waals surface area contributed by atoms with Crippen molar-refractivity contribution in [3.8, 4) is 11.5 Å². The molecule has 1 amide bonds. The number of rotatable bonds is 7. The molecule has 3 aromatic carbocycles. The van der Waals surface area contributed by atoms with Crippen LogP contribution in [0.25, 0.3) is 0 Å². The highest BCUT2D eigenvalue weighted by molar-refractivity contribution is 6.36. The lowest BCUT2D eigenvalue weighted by Crippen LogP contribution is -2.17. The van der Waals surface area contributed by atoms with E-state index in [4.69, 9.17) is 32.7 Å². The van der Waals surface area contributed by atoms with Gasteiger partial charge in [0, 0.05) is 10.6 Å². The summed E-state index contributed by atoms with van der Waals surface area (Å²) in [7, 11) is 0. The van der Waals surface area contributed by atoms with Gasteiger partial charge in [-0.3, -0.25) is 4.79 Å². The second-order valence-corrected chi connectivity index (χ2v) is 7.06. The fourth-order valence-electron chi connectivity index (χ4n) is 2.59. The van der Waals surface area contributed by atoms with Crippen molar-refractivity contribution in [3.05, 3.63) is 93.5 Å². The zero-order valence-corrected chi connectivity index (χ0v) is 18.0. The molecule has 0 unspecified atom stereocenters. The quantitative estimate of drug-likeness (QED) is 0.224. The number of nitrogens with zero attached hydrogens (tertiary/aromatic N) is 1. The highest BCUT2D eigenvalue weighted by Gasteiger charge is 2.16. The maximum absolute atomic E-state index is 12.5. The maximum atomic E-state index is 12.5. The number of benzene rings is 3. The summed E-state index contributed by atoms with van der Waals surface area (Å²) in [6.07, 6.45) is 1.46. The van der Waals surface area contributed by atoms with Gasteiger partial charge in [-0.2, -0.15) is 5.10 Å². The number of hydrazone groups is 1. The van der Waals surface area contributed by atoms with Crippen molar-refractivity contribution in [2.24, 2.45) is 5.10 Å². The fourth-order valence-corrected chi connectivity index (χ4v) is 3.07. The Morgan fingerprint density at radius 2 is 1.77 bits per heavy atom. The largest absolute Gasteiger partial charge is 0.490 e. The summed E-state index contributed by atoms with van der Waals surface area (Å²) < 4.78 is 11.0. The number of nitrogens with one attached hydrogen (secondary N) is 1. The van der Waals surface area contributed by atoms with E-state index in [0.717, 1.165) is 0 Å². The highest BCUT2D eigenvalue weighted by Crippen LogP contribution is 2.30. The minimum atomic E-state index is -0.640. The third-order valence-electron chi connectivity index (χ3n) is 4.04. The summed E-state index contributed by atoms with van der Waals surface area (Å²) in [5, 5.41) is 4.56. The third-order valence-corrected chi connectivity index (χ3v) is 4.58. The first-order valence-corrected chi connectivity index (χ1v) is 10.1. The fraction of sp³-hybridized carbons (Fsp3) is 0.0870. The van der Waals surface area contributed by atoms with Crippen molar-refractivity contribution in [2.45, 2.75) is 6.92 Å². The van der Waals surface area contributed by atoms with E-state index in [2.05, 4.69) is 10.5 Å². The molecule has 1 N–H and O–H groups in total. The lowest BCUT2D eigenvalue weighted by Gasteiger charge is -2.12. The molecule has 0 aromatic heterocycles. The molecule has 0 aliphatic rings. The van der Waals surface area contributed by atoms with Gasteiger partial charge in [0.25, 0.3) is 5.91 Å². The predicted octanol–water partition coefficient (Wildman–Crippen LogP) is 5.38. The average Bonchev–Trinajstić information content (AvgIpc) is 2.76. The van der Waals surface area contributed by atoms with Crippen LogP contribution in [0.4, 0.5) is 0 Å². The molecule has 0 fully saturated rings. The SMILES string of the molecule is CCOc1cc(/C=N\NC(=O)c2ccccc2)ccc1OC(=O)c1ccc(Cl)cc1Cl. The van der Waals surface area contributed by atoms with Gasteiger partial charge in [-0.25, -0.2) is 10.2 Å². The number of hydrogen-bond acceptors (Lipinski definition) is 5. The summed E-state index contributed by atoms with van der Waals surface area (Å²) in [4.78, 5) is 24.5. The van der Waals surface area contributed by atoms with E-state index in [1.165, 1.54) is 18.3 Å². The van der Waals surface area contributed by atoms with Crippen molar-refractivity contribution < 1.29 is 19.1 Å². The number of esters is 1. The first kappa shape index (κ1) is 22.3. The minimum absolute atomic E-state index is 0.183. The summed E-state index contributed by atoms with van der Waals surface area (Å²) in [6.45, 7) is 2.17. The average molecular weight is 457 g/mol. The molecule has 3 rings (SSSR count). The van der Waals surface area contributed by atoms with E-state index in [0.29, 0.717) is 28.5 Å². The van der Waals surface area contributed by atoms with E-state index in [1.54, 1.807) is 48.5 Å². The highest BCUT2D eigenvalue weighted by atomic mass is 35.5. The van der Waals surface area contributed by atoms with Crippen LogP contribution >= 0.6 is 23.2 Å². The molecule has 0 spiro atoms. The molecule has 0 aliphatic carbocycles. The molecule has 0 heterocycles. The van der Waals surface area contributed by atoms with Crippen molar-refractivity contribution in [2.75, 3.05) is 6.61 Å². The van der Waals surface area contributed by atoms with E-state index >= 15 is 0 Å². The molecule has 31 heavy (non-hydrogen) atoms. The molecule has 0 saturated heterocycles. The minimum Gasteiger partial charge on any atom is -0.490 e. The van der Waals surface area contributed by atoms with Gasteiger partial charge in [-0.1, -0.05) is 41.4 Å². The molecule has 3 aromatic rings. The van der Waals surface area contributed by atoms with Gasteiger partial charge in [0.15, 0.2) is 11.5 Å². The monoisotopic (exact) mass is 456 g/mol. The molecular formula is C23H18Cl2N2O4. The second-order valence-electron chi connectivity index (χ2n) is 6.22. The van der Waals surface area contributed by atoms with Gasteiger partial charge in [-0.15, -0.1) is 0 Å². The molecule has 0 aliphatic heterocycles. The summed E-state index contributed by atoms with van der Waals surface area (Å²) in [6, 6.07) is 18.1. The first-order valence-electron chi connectivity index (χ1n) is 9.30. The lowest BCUT2D eigenvalue weighted by molar-refractivity contribution is 0.0728. The Kier molecular flexibility index (Phi) is 7.65. The van der Waals surface area contributed by atoms with Crippen LogP contribution in [-0.4, -0.2) is 24.7 Å². The Labute approximate surface area is 189 Å². The van der Waals surface area contributed by atoms with Crippen molar-refractivity contribution in [1.82, 2.24) is 5.43 Å². The van der Waals surface area contributed by atoms with Gasteiger partial charge in [0.2, 0.25) is 0 Å². The van der Waals surface area contributed by atoms with Gasteiger partial charge < -0.3 is 9.47 Å². The van der Waals surface area contributed by atoms with E-state index in [1.807, 2.05) is 13.0 Å². The van der Waals surface area contributed by atoms with E-state index < -0.39 is 5.97 Å². The van der Waals surface area contributed by atoms with Crippen LogP contribution in [0.1, 0.15) is 33.2 Å². The van der Waals surface area contributed by atoms with Crippen LogP contribution in [0.2, 0.25) is 10.0 Å². The van der Waals surface area contributed by atoms with Gasteiger partial charge >= 0.3 is 5.97 Å². The van der Waals surface area contributed by atoms with Crippen LogP contribution in [0, 0.1) is 0 Å². The third kappa shape index (κ3) is 6.07. The zero-order valence-electron chi connectivity index (χ0n) is 16.5. The van der Waals surface area contributed by atoms with Crippen LogP contribution in [0.15, 0.2) is 71.8 Å². The second kappa shape index (κ2) is 10.6. The van der Waals surface area contributed by atoms with Gasteiger partial charge in [0.1, 0.15) is 0 Å². The molecule has 8 heteroatoms. The Bertz CT molecular complexity index is 1120. The number of amides is 1. The zero-order chi connectivity index (χ0) is 22.2. The van der Waals surface area contributed by atoms with Crippen LogP contribution in [0.5, 0.6) is 11.5 Å². The van der Waals surface area contributed by atoms with E-state index in [9.17, 15) is 9.59 Å². The number of carbonyl (C=O) groups is 2. The molecule has 0 radical (unpaired) electrons. The van der Waals surface area contributed by atoms with Crippen molar-refractivity contribution in [3.63, 3.8) is 0 Å².